The van der Waals surface area contributed by atoms with E-state index in [9.17, 15) is 0 Å². The predicted octanol–water partition coefficient (Wildman–Crippen LogP) is 0.642. The van der Waals surface area contributed by atoms with Gasteiger partial charge in [-0.2, -0.15) is 0 Å². The van der Waals surface area contributed by atoms with Crippen LogP contribution in [0.5, 0.6) is 0 Å². The van der Waals surface area contributed by atoms with Gasteiger partial charge in [0.05, 0.1) is 6.54 Å². The van der Waals surface area contributed by atoms with Crippen molar-refractivity contribution in [2.24, 2.45) is 11.7 Å². The van der Waals surface area contributed by atoms with Crippen molar-refractivity contribution in [1.29, 1.82) is 0 Å². The topological polar surface area (TPSA) is 72.9 Å². The number of aryl methyl sites for hydroxylation is 1. The van der Waals surface area contributed by atoms with Crippen LogP contribution in [0.15, 0.2) is 0 Å². The number of nitrogens with two attached hydrogens (primary N) is 1. The van der Waals surface area contributed by atoms with E-state index in [1.54, 1.807) is 0 Å². The summed E-state index contributed by atoms with van der Waals surface area (Å²) in [4.78, 5) is 2.43. The van der Waals surface area contributed by atoms with Crippen molar-refractivity contribution in [2.45, 2.75) is 52.2 Å². The van der Waals surface area contributed by atoms with Crippen molar-refractivity contribution >= 4 is 0 Å². The first-order valence-corrected chi connectivity index (χ1v) is 6.93. The van der Waals surface area contributed by atoms with E-state index in [0.29, 0.717) is 5.92 Å². The Morgan fingerprint density at radius 2 is 2.33 bits per heavy atom. The Morgan fingerprint density at radius 1 is 1.50 bits per heavy atom. The monoisotopic (exact) mass is 252 g/mol. The maximum Gasteiger partial charge on any atom is 0.165 e. The smallest absolute Gasteiger partial charge is 0.165 e. The van der Waals surface area contributed by atoms with E-state index in [0.717, 1.165) is 38.4 Å². The Bertz CT molecular complexity index is 361. The lowest BCUT2D eigenvalue weighted by atomic mass is 9.92. The van der Waals surface area contributed by atoms with Crippen molar-refractivity contribution in [3.63, 3.8) is 0 Å². The summed E-state index contributed by atoms with van der Waals surface area (Å²) < 4.78 is 1.91. The van der Waals surface area contributed by atoms with E-state index in [4.69, 9.17) is 5.73 Å². The third-order valence-electron chi connectivity index (χ3n) is 3.69. The number of rotatable bonds is 5. The molecule has 102 valence electrons. The first kappa shape index (κ1) is 13.4. The van der Waals surface area contributed by atoms with Gasteiger partial charge >= 0.3 is 0 Å². The molecular formula is C12H24N6. The zero-order valence-corrected chi connectivity index (χ0v) is 11.4. The van der Waals surface area contributed by atoms with Crippen LogP contribution in [-0.2, 0) is 13.1 Å². The van der Waals surface area contributed by atoms with Gasteiger partial charge in [-0.05, 0) is 49.1 Å². The van der Waals surface area contributed by atoms with Crippen molar-refractivity contribution in [1.82, 2.24) is 25.1 Å². The number of nitrogens with zero attached hydrogens (tertiary/aromatic N) is 5. The fourth-order valence-electron chi connectivity index (χ4n) is 2.59. The molecule has 2 atom stereocenters. The van der Waals surface area contributed by atoms with Gasteiger partial charge in [-0.3, -0.25) is 4.90 Å². The molecule has 6 heteroatoms. The highest BCUT2D eigenvalue weighted by molar-refractivity contribution is 4.85. The van der Waals surface area contributed by atoms with Crippen molar-refractivity contribution in [2.75, 3.05) is 13.1 Å². The van der Waals surface area contributed by atoms with E-state index >= 15 is 0 Å². The molecule has 6 nitrogen and oxygen atoms in total. The lowest BCUT2D eigenvalue weighted by Crippen LogP contribution is -2.42. The van der Waals surface area contributed by atoms with E-state index in [2.05, 4.69) is 34.3 Å². The third kappa shape index (κ3) is 3.26. The van der Waals surface area contributed by atoms with Crippen molar-refractivity contribution < 1.29 is 0 Å². The van der Waals surface area contributed by atoms with Gasteiger partial charge in [0.1, 0.15) is 0 Å². The normalized spacial score (nSPS) is 23.2. The van der Waals surface area contributed by atoms with E-state index in [1.807, 2.05) is 4.68 Å². The number of hydrogen-bond acceptors (Lipinski definition) is 5. The summed E-state index contributed by atoms with van der Waals surface area (Å²) in [6.45, 7) is 8.18. The fraction of sp³-hybridized carbons (Fsp3) is 0.917. The maximum absolute atomic E-state index is 6.01. The summed E-state index contributed by atoms with van der Waals surface area (Å²) in [7, 11) is 0. The Balaban J connectivity index is 1.94. The van der Waals surface area contributed by atoms with Gasteiger partial charge < -0.3 is 5.73 Å². The molecule has 2 unspecified atom stereocenters. The summed E-state index contributed by atoms with van der Waals surface area (Å²) >= 11 is 0. The zero-order valence-electron chi connectivity index (χ0n) is 11.4. The number of piperidine rings is 1. The fourth-order valence-corrected chi connectivity index (χ4v) is 2.59. The zero-order chi connectivity index (χ0) is 13.0. The lowest BCUT2D eigenvalue weighted by Gasteiger charge is -2.34. The molecule has 18 heavy (non-hydrogen) atoms. The molecule has 2 N–H and O–H groups in total. The molecule has 0 aromatic carbocycles. The Morgan fingerprint density at radius 3 is 3.06 bits per heavy atom. The quantitative estimate of drug-likeness (QED) is 0.832. The van der Waals surface area contributed by atoms with Crippen LogP contribution in [0.1, 0.15) is 38.9 Å². The van der Waals surface area contributed by atoms with Crippen molar-refractivity contribution in [3.05, 3.63) is 5.82 Å². The molecule has 1 aromatic rings. The minimum atomic E-state index is 0.277. The second kappa shape index (κ2) is 6.24. The van der Waals surface area contributed by atoms with Crippen LogP contribution in [0.2, 0.25) is 0 Å². The second-order valence-corrected chi connectivity index (χ2v) is 5.31. The molecule has 0 amide bonds. The molecule has 1 aromatic heterocycles. The lowest BCUT2D eigenvalue weighted by molar-refractivity contribution is 0.149. The molecule has 0 bridgehead atoms. The van der Waals surface area contributed by atoms with Gasteiger partial charge in [-0.25, -0.2) is 4.68 Å². The largest absolute Gasteiger partial charge is 0.328 e. The van der Waals surface area contributed by atoms with Crippen molar-refractivity contribution in [3.8, 4) is 0 Å². The number of aromatic nitrogens is 4. The second-order valence-electron chi connectivity index (χ2n) is 5.31. The SMILES string of the molecule is CCCn1nnnc1CN1CCCC(C(C)N)C1. The highest BCUT2D eigenvalue weighted by atomic mass is 15.5. The molecule has 0 spiro atoms. The third-order valence-corrected chi connectivity index (χ3v) is 3.69. The maximum atomic E-state index is 6.01. The van der Waals surface area contributed by atoms with E-state index < -0.39 is 0 Å². The van der Waals surface area contributed by atoms with Crippen LogP contribution in [-0.4, -0.2) is 44.2 Å². The molecule has 1 aliphatic rings. The van der Waals surface area contributed by atoms with Crippen LogP contribution < -0.4 is 5.73 Å². The highest BCUT2D eigenvalue weighted by Gasteiger charge is 2.23. The molecule has 1 fully saturated rings. The molecule has 1 aliphatic heterocycles. The van der Waals surface area contributed by atoms with E-state index in [-0.39, 0.29) is 6.04 Å². The van der Waals surface area contributed by atoms with Crippen LogP contribution in [0.25, 0.3) is 0 Å². The van der Waals surface area contributed by atoms with Crippen LogP contribution in [0.4, 0.5) is 0 Å². The first-order chi connectivity index (χ1) is 8.70. The van der Waals surface area contributed by atoms with Gasteiger partial charge in [-0.15, -0.1) is 5.10 Å². The molecule has 0 aliphatic carbocycles. The van der Waals surface area contributed by atoms with Crippen LogP contribution in [0, 0.1) is 5.92 Å². The summed E-state index contributed by atoms with van der Waals surface area (Å²) in [5, 5.41) is 11.9. The summed E-state index contributed by atoms with van der Waals surface area (Å²) in [5.74, 6) is 1.58. The first-order valence-electron chi connectivity index (χ1n) is 6.93. The number of likely N-dealkylation sites (tertiary alicyclic amines) is 1. The summed E-state index contributed by atoms with van der Waals surface area (Å²) in [5.41, 5.74) is 6.01. The minimum Gasteiger partial charge on any atom is -0.328 e. The molecule has 0 saturated carbocycles. The molecule has 2 rings (SSSR count). The van der Waals surface area contributed by atoms with Gasteiger partial charge in [0.25, 0.3) is 0 Å². The highest BCUT2D eigenvalue weighted by Crippen LogP contribution is 2.19. The Labute approximate surface area is 109 Å². The van der Waals surface area contributed by atoms with Gasteiger partial charge in [-0.1, -0.05) is 6.92 Å². The molecule has 2 heterocycles. The standard InChI is InChI=1S/C12H24N6/c1-3-6-18-12(14-15-16-18)9-17-7-4-5-11(8-17)10(2)13/h10-11H,3-9,13H2,1-2H3. The molecular weight excluding hydrogens is 228 g/mol. The van der Waals surface area contributed by atoms with Gasteiger partial charge in [0, 0.05) is 19.1 Å². The molecule has 1 saturated heterocycles. The average Bonchev–Trinajstić information content (AvgIpc) is 2.77. The average molecular weight is 252 g/mol. The van der Waals surface area contributed by atoms with Gasteiger partial charge in [0.15, 0.2) is 5.82 Å². The summed E-state index contributed by atoms with van der Waals surface area (Å²) in [6.07, 6.45) is 3.52. The predicted molar refractivity (Wildman–Crippen MR) is 69.8 cm³/mol. The summed E-state index contributed by atoms with van der Waals surface area (Å²) in [6, 6.07) is 0.277. The van der Waals surface area contributed by atoms with E-state index in [1.165, 1.54) is 12.8 Å². The van der Waals surface area contributed by atoms with Gasteiger partial charge in [0.2, 0.25) is 0 Å². The molecule has 0 radical (unpaired) electrons. The minimum absolute atomic E-state index is 0.277. The van der Waals surface area contributed by atoms with Crippen LogP contribution >= 0.6 is 0 Å². The Kier molecular flexibility index (Phi) is 4.66. The van der Waals surface area contributed by atoms with Crippen LogP contribution in [0.3, 0.4) is 0 Å². The number of hydrogen-bond donors (Lipinski definition) is 1. The Hall–Kier alpha value is -1.01. The number of tetrazole rings is 1.